The van der Waals surface area contributed by atoms with Gasteiger partial charge < -0.3 is 4.74 Å². The molecule has 0 saturated carbocycles. The number of nitriles is 2. The Morgan fingerprint density at radius 1 is 0.828 bits per heavy atom. The number of benzene rings is 3. The molecule has 1 spiro atoms. The molecule has 4 nitrogen and oxygen atoms in total. The molecule has 1 aliphatic heterocycles. The largest absolute Gasteiger partial charge is 0.485 e. The minimum absolute atomic E-state index is 0.380. The van der Waals surface area contributed by atoms with E-state index in [2.05, 4.69) is 35.3 Å². The van der Waals surface area contributed by atoms with E-state index in [0.717, 1.165) is 41.0 Å². The average molecular weight is 375 g/mol. The highest BCUT2D eigenvalue weighted by molar-refractivity contribution is 6.06. The Labute approximate surface area is 169 Å². The van der Waals surface area contributed by atoms with Crippen LogP contribution in [-0.4, -0.2) is 11.3 Å². The topological polar surface area (TPSA) is 69.2 Å². The highest BCUT2D eigenvalue weighted by Gasteiger charge is 2.44. The molecule has 0 bridgehead atoms. The third-order valence-electron chi connectivity index (χ3n) is 5.76. The summed E-state index contributed by atoms with van der Waals surface area (Å²) in [4.78, 5) is 4.17. The van der Waals surface area contributed by atoms with Crippen molar-refractivity contribution in [1.82, 2.24) is 0 Å². The van der Waals surface area contributed by atoms with Crippen molar-refractivity contribution < 1.29 is 4.74 Å². The number of rotatable bonds is 1. The molecule has 2 aliphatic rings. The van der Waals surface area contributed by atoms with Gasteiger partial charge in [-0.15, -0.1) is 0 Å². The Hall–Kier alpha value is -3.89. The Balaban J connectivity index is 1.56. The van der Waals surface area contributed by atoms with Crippen LogP contribution in [-0.2, 0) is 12.8 Å². The average Bonchev–Trinajstić information content (AvgIpc) is 3.10. The minimum atomic E-state index is -0.380. The predicted molar refractivity (Wildman–Crippen MR) is 111 cm³/mol. The first-order chi connectivity index (χ1) is 14.2. The van der Waals surface area contributed by atoms with Crippen LogP contribution in [0, 0.1) is 22.8 Å². The van der Waals surface area contributed by atoms with Gasteiger partial charge in [-0.05, 0) is 46.5 Å². The highest BCUT2D eigenvalue weighted by Crippen LogP contribution is 2.43. The van der Waals surface area contributed by atoms with E-state index < -0.39 is 0 Å². The van der Waals surface area contributed by atoms with Crippen LogP contribution in [0.3, 0.4) is 0 Å². The minimum Gasteiger partial charge on any atom is -0.485 e. The first kappa shape index (κ1) is 17.2. The molecule has 4 heteroatoms. The Bertz CT molecular complexity index is 1220. The molecule has 3 aromatic rings. The quantitative estimate of drug-likeness (QED) is 0.573. The van der Waals surface area contributed by atoms with Gasteiger partial charge in [-0.25, -0.2) is 0 Å². The monoisotopic (exact) mass is 375 g/mol. The summed E-state index contributed by atoms with van der Waals surface area (Å²) in [6.07, 6.45) is 4.21. The van der Waals surface area contributed by atoms with Crippen molar-refractivity contribution in [2.24, 2.45) is 4.99 Å². The van der Waals surface area contributed by atoms with Gasteiger partial charge in [-0.2, -0.15) is 15.5 Å². The number of aliphatic imine (C=N–C) groups is 1. The standard InChI is InChI=1S/C25H17N3O/c26-15-17-4-3-7-18(10-17)19-8-9-24-22(11-19)23(28-16-27)14-25(29-24)12-20-5-1-2-6-21(20)13-25/h1-11H,12-14H2/b28-23+. The van der Waals surface area contributed by atoms with E-state index in [0.29, 0.717) is 12.0 Å². The van der Waals surface area contributed by atoms with Crippen LogP contribution < -0.4 is 4.74 Å². The fourth-order valence-corrected chi connectivity index (χ4v) is 4.48. The summed E-state index contributed by atoms with van der Waals surface area (Å²) in [5, 5.41) is 18.5. The van der Waals surface area contributed by atoms with Gasteiger partial charge in [-0.1, -0.05) is 42.5 Å². The van der Waals surface area contributed by atoms with Crippen molar-refractivity contribution in [3.05, 3.63) is 89.0 Å². The fourth-order valence-electron chi connectivity index (χ4n) is 4.48. The van der Waals surface area contributed by atoms with Gasteiger partial charge in [0.1, 0.15) is 11.4 Å². The molecule has 29 heavy (non-hydrogen) atoms. The van der Waals surface area contributed by atoms with E-state index in [4.69, 9.17) is 4.74 Å². The molecular weight excluding hydrogens is 358 g/mol. The van der Waals surface area contributed by atoms with E-state index in [9.17, 15) is 10.5 Å². The van der Waals surface area contributed by atoms with Crippen LogP contribution in [0.25, 0.3) is 11.1 Å². The number of fused-ring (bicyclic) bond motifs is 2. The molecule has 5 rings (SSSR count). The zero-order valence-corrected chi connectivity index (χ0v) is 15.7. The van der Waals surface area contributed by atoms with Crippen molar-refractivity contribution in [3.8, 4) is 29.1 Å². The molecule has 0 saturated heterocycles. The van der Waals surface area contributed by atoms with Gasteiger partial charge in [0.15, 0.2) is 0 Å². The summed E-state index contributed by atoms with van der Waals surface area (Å²) in [5.74, 6) is 0.762. The molecule has 0 aromatic heterocycles. The van der Waals surface area contributed by atoms with Crippen molar-refractivity contribution in [2.75, 3.05) is 0 Å². The van der Waals surface area contributed by atoms with Crippen molar-refractivity contribution in [1.29, 1.82) is 10.5 Å². The molecule has 0 unspecified atom stereocenters. The van der Waals surface area contributed by atoms with E-state index in [1.807, 2.05) is 42.6 Å². The third-order valence-corrected chi connectivity index (χ3v) is 5.76. The molecule has 0 amide bonds. The number of ether oxygens (including phenoxy) is 1. The number of nitrogens with zero attached hydrogens (tertiary/aromatic N) is 3. The van der Waals surface area contributed by atoms with Gasteiger partial charge in [0.05, 0.1) is 17.3 Å². The summed E-state index contributed by atoms with van der Waals surface area (Å²) in [6.45, 7) is 0. The van der Waals surface area contributed by atoms with Gasteiger partial charge in [0, 0.05) is 24.8 Å². The van der Waals surface area contributed by atoms with E-state index in [1.165, 1.54) is 11.1 Å². The highest BCUT2D eigenvalue weighted by atomic mass is 16.5. The second-order valence-corrected chi connectivity index (χ2v) is 7.65. The molecule has 1 aliphatic carbocycles. The van der Waals surface area contributed by atoms with E-state index in [1.54, 1.807) is 6.07 Å². The lowest BCUT2D eigenvalue weighted by molar-refractivity contribution is 0.0818. The lowest BCUT2D eigenvalue weighted by Gasteiger charge is -2.36. The molecule has 0 atom stereocenters. The lowest BCUT2D eigenvalue weighted by atomic mass is 9.86. The Kier molecular flexibility index (Phi) is 3.93. The summed E-state index contributed by atoms with van der Waals surface area (Å²) in [7, 11) is 0. The predicted octanol–water partition coefficient (Wildman–Crippen LogP) is 4.82. The van der Waals surface area contributed by atoms with Gasteiger partial charge in [0.25, 0.3) is 0 Å². The zero-order valence-electron chi connectivity index (χ0n) is 15.7. The van der Waals surface area contributed by atoms with Gasteiger partial charge >= 0.3 is 0 Å². The van der Waals surface area contributed by atoms with E-state index >= 15 is 0 Å². The summed E-state index contributed by atoms with van der Waals surface area (Å²) >= 11 is 0. The number of hydrogen-bond acceptors (Lipinski definition) is 4. The second-order valence-electron chi connectivity index (χ2n) is 7.65. The Morgan fingerprint density at radius 2 is 1.59 bits per heavy atom. The van der Waals surface area contributed by atoms with Crippen LogP contribution in [0.4, 0.5) is 0 Å². The van der Waals surface area contributed by atoms with Gasteiger partial charge in [-0.3, -0.25) is 0 Å². The summed E-state index contributed by atoms with van der Waals surface area (Å²) in [6, 6.07) is 24.1. The molecule has 138 valence electrons. The van der Waals surface area contributed by atoms with Gasteiger partial charge in [0.2, 0.25) is 6.19 Å². The van der Waals surface area contributed by atoms with Crippen LogP contribution in [0.15, 0.2) is 71.7 Å². The normalized spacial score (nSPS) is 17.1. The Morgan fingerprint density at radius 3 is 2.31 bits per heavy atom. The SMILES string of the molecule is N#C/N=C1\CC2(Cc3ccccc3C2)Oc2ccc(-c3cccc(C#N)c3)cc21. The maximum atomic E-state index is 9.29. The smallest absolute Gasteiger partial charge is 0.205 e. The van der Waals surface area contributed by atoms with Crippen molar-refractivity contribution >= 4 is 5.71 Å². The molecule has 0 fully saturated rings. The maximum absolute atomic E-state index is 9.29. The molecule has 0 N–H and O–H groups in total. The number of hydrogen-bond donors (Lipinski definition) is 0. The zero-order chi connectivity index (χ0) is 19.8. The van der Waals surface area contributed by atoms with Crippen LogP contribution >= 0.6 is 0 Å². The van der Waals surface area contributed by atoms with Crippen molar-refractivity contribution in [3.63, 3.8) is 0 Å². The lowest BCUT2D eigenvalue weighted by Crippen LogP contribution is -2.43. The summed E-state index contributed by atoms with van der Waals surface area (Å²) in [5.41, 5.74) is 6.39. The van der Waals surface area contributed by atoms with Crippen LogP contribution in [0.2, 0.25) is 0 Å². The summed E-state index contributed by atoms with van der Waals surface area (Å²) < 4.78 is 6.53. The molecule has 1 heterocycles. The van der Waals surface area contributed by atoms with Crippen LogP contribution in [0.5, 0.6) is 5.75 Å². The second kappa shape index (κ2) is 6.62. The molecule has 3 aromatic carbocycles. The van der Waals surface area contributed by atoms with E-state index in [-0.39, 0.29) is 5.60 Å². The molecular formula is C25H17N3O. The molecule has 0 radical (unpaired) electrons. The first-order valence-corrected chi connectivity index (χ1v) is 9.56. The fraction of sp³-hybridized carbons (Fsp3) is 0.160. The first-order valence-electron chi connectivity index (χ1n) is 9.56. The van der Waals surface area contributed by atoms with Crippen molar-refractivity contribution in [2.45, 2.75) is 24.9 Å². The maximum Gasteiger partial charge on any atom is 0.205 e. The third kappa shape index (κ3) is 2.96. The van der Waals surface area contributed by atoms with Crippen LogP contribution in [0.1, 0.15) is 28.7 Å².